The Labute approximate surface area is 168 Å². The maximum Gasteiger partial charge on any atom is 0.146 e. The summed E-state index contributed by atoms with van der Waals surface area (Å²) in [6.45, 7) is 2.73. The van der Waals surface area contributed by atoms with Crippen LogP contribution >= 0.6 is 0 Å². The minimum atomic E-state index is -2.31. The molecule has 0 aliphatic rings. The van der Waals surface area contributed by atoms with Crippen molar-refractivity contribution in [1.29, 1.82) is 0 Å². The van der Waals surface area contributed by atoms with Crippen molar-refractivity contribution in [3.05, 3.63) is 48.0 Å². The molecule has 0 saturated heterocycles. The van der Waals surface area contributed by atoms with E-state index in [4.69, 9.17) is 4.74 Å². The molecule has 0 amide bonds. The third-order valence-electron chi connectivity index (χ3n) is 3.99. The molecule has 0 fully saturated rings. The number of aromatic nitrogens is 2. The number of hydrogen-bond donors (Lipinski definition) is 1. The minimum absolute atomic E-state index is 0.183. The van der Waals surface area contributed by atoms with Crippen LogP contribution in [0.5, 0.6) is 5.75 Å². The van der Waals surface area contributed by atoms with E-state index in [-0.39, 0.29) is 5.75 Å². The SMILES string of the molecule is Cc1cc(N=S(C)(C)=O)cc2ncnc(Nc3ccc(F)cc3OC(C)CF)c12. The van der Waals surface area contributed by atoms with E-state index in [0.717, 1.165) is 10.9 Å². The molecule has 3 aromatic rings. The molecule has 0 spiro atoms. The monoisotopic (exact) mass is 420 g/mol. The van der Waals surface area contributed by atoms with Crippen molar-refractivity contribution in [2.45, 2.75) is 20.0 Å². The van der Waals surface area contributed by atoms with Crippen LogP contribution in [-0.4, -0.2) is 39.5 Å². The molecule has 1 heterocycles. The van der Waals surface area contributed by atoms with Gasteiger partial charge in [-0.05, 0) is 43.7 Å². The number of hydrogen-bond acceptors (Lipinski definition) is 6. The number of alkyl halides is 1. The van der Waals surface area contributed by atoms with Crippen molar-refractivity contribution in [3.63, 3.8) is 0 Å². The van der Waals surface area contributed by atoms with Gasteiger partial charge in [-0.2, -0.15) is 4.36 Å². The Hall–Kier alpha value is -2.81. The quantitative estimate of drug-likeness (QED) is 0.613. The van der Waals surface area contributed by atoms with E-state index in [0.29, 0.717) is 22.7 Å². The molecule has 6 nitrogen and oxygen atoms in total. The van der Waals surface area contributed by atoms with E-state index in [1.165, 1.54) is 24.5 Å². The summed E-state index contributed by atoms with van der Waals surface area (Å²) in [5.41, 5.74) is 2.46. The van der Waals surface area contributed by atoms with Crippen LogP contribution < -0.4 is 10.1 Å². The molecule has 0 radical (unpaired) electrons. The molecule has 154 valence electrons. The molecule has 9 heteroatoms. The lowest BCUT2D eigenvalue weighted by atomic mass is 10.1. The average Bonchev–Trinajstić information content (AvgIpc) is 2.62. The number of benzene rings is 2. The van der Waals surface area contributed by atoms with Gasteiger partial charge >= 0.3 is 0 Å². The fourth-order valence-electron chi connectivity index (χ4n) is 2.85. The van der Waals surface area contributed by atoms with Crippen LogP contribution in [0.15, 0.2) is 41.0 Å². The third kappa shape index (κ3) is 5.17. The second-order valence-electron chi connectivity index (χ2n) is 7.00. The average molecular weight is 420 g/mol. The lowest BCUT2D eigenvalue weighted by molar-refractivity contribution is 0.182. The summed E-state index contributed by atoms with van der Waals surface area (Å²) in [6, 6.07) is 7.51. The molecule has 0 aliphatic carbocycles. The highest BCUT2D eigenvalue weighted by atomic mass is 32.2. The van der Waals surface area contributed by atoms with Gasteiger partial charge in [-0.1, -0.05) is 0 Å². The van der Waals surface area contributed by atoms with Gasteiger partial charge in [-0.3, -0.25) is 0 Å². The fourth-order valence-corrected chi connectivity index (χ4v) is 3.46. The van der Waals surface area contributed by atoms with Crippen molar-refractivity contribution in [2.75, 3.05) is 24.5 Å². The first kappa shape index (κ1) is 20.9. The van der Waals surface area contributed by atoms with E-state index in [2.05, 4.69) is 19.6 Å². The molecule has 2 aromatic carbocycles. The van der Waals surface area contributed by atoms with Gasteiger partial charge in [-0.15, -0.1) is 0 Å². The molecule has 1 aromatic heterocycles. The molecule has 0 aliphatic heterocycles. The number of nitrogens with one attached hydrogen (secondary N) is 1. The second kappa shape index (κ2) is 8.28. The number of halogens is 2. The summed E-state index contributed by atoms with van der Waals surface area (Å²) in [6.07, 6.45) is 3.79. The van der Waals surface area contributed by atoms with Crippen LogP contribution in [0.1, 0.15) is 12.5 Å². The number of anilines is 2. The number of fused-ring (bicyclic) bond motifs is 1. The highest BCUT2D eigenvalue weighted by molar-refractivity contribution is 7.92. The zero-order chi connectivity index (χ0) is 21.2. The Morgan fingerprint density at radius 2 is 2.00 bits per heavy atom. The Morgan fingerprint density at radius 3 is 2.69 bits per heavy atom. The summed E-state index contributed by atoms with van der Waals surface area (Å²) in [5.74, 6) is 0.175. The third-order valence-corrected chi connectivity index (χ3v) is 4.64. The molecule has 3 rings (SSSR count). The van der Waals surface area contributed by atoms with E-state index in [1.807, 2.05) is 6.92 Å². The molecule has 1 atom stereocenters. The summed E-state index contributed by atoms with van der Waals surface area (Å²) in [5, 5.41) is 3.86. The van der Waals surface area contributed by atoms with Gasteiger partial charge in [0.05, 0.1) is 16.9 Å². The Morgan fingerprint density at radius 1 is 1.24 bits per heavy atom. The van der Waals surface area contributed by atoms with Crippen LogP contribution in [0.4, 0.5) is 26.0 Å². The van der Waals surface area contributed by atoms with E-state index in [9.17, 15) is 13.0 Å². The highest BCUT2D eigenvalue weighted by Crippen LogP contribution is 2.34. The topological polar surface area (TPSA) is 76.5 Å². The van der Waals surface area contributed by atoms with Crippen molar-refractivity contribution in [3.8, 4) is 5.75 Å². The fraction of sp³-hybridized carbons (Fsp3) is 0.300. The van der Waals surface area contributed by atoms with Gasteiger partial charge in [0.15, 0.2) is 0 Å². The van der Waals surface area contributed by atoms with E-state index < -0.39 is 28.3 Å². The van der Waals surface area contributed by atoms with Gasteiger partial charge in [0.2, 0.25) is 0 Å². The zero-order valence-corrected chi connectivity index (χ0v) is 17.4. The summed E-state index contributed by atoms with van der Waals surface area (Å²) < 4.78 is 48.3. The predicted octanol–water partition coefficient (Wildman–Crippen LogP) is 4.92. The van der Waals surface area contributed by atoms with Gasteiger partial charge < -0.3 is 10.1 Å². The van der Waals surface area contributed by atoms with Crippen LogP contribution in [0.25, 0.3) is 10.9 Å². The Bertz CT molecular complexity index is 1170. The Kier molecular flexibility index (Phi) is 5.97. The van der Waals surface area contributed by atoms with Crippen LogP contribution in [0.2, 0.25) is 0 Å². The molecular formula is C20H22F2N4O2S. The minimum Gasteiger partial charge on any atom is -0.486 e. The van der Waals surface area contributed by atoms with E-state index >= 15 is 0 Å². The van der Waals surface area contributed by atoms with E-state index in [1.54, 1.807) is 31.6 Å². The first-order valence-corrected chi connectivity index (χ1v) is 11.2. The Balaban J connectivity index is 2.07. The van der Waals surface area contributed by atoms with Crippen molar-refractivity contribution < 1.29 is 17.7 Å². The molecule has 29 heavy (non-hydrogen) atoms. The van der Waals surface area contributed by atoms with Gasteiger partial charge in [0.25, 0.3) is 0 Å². The van der Waals surface area contributed by atoms with Crippen LogP contribution in [-0.2, 0) is 9.73 Å². The molecule has 0 bridgehead atoms. The summed E-state index contributed by atoms with van der Waals surface area (Å²) >= 11 is 0. The second-order valence-corrected chi connectivity index (χ2v) is 9.54. The number of aryl methyl sites for hydroxylation is 1. The van der Waals surface area contributed by atoms with Gasteiger partial charge in [0, 0.05) is 33.7 Å². The largest absolute Gasteiger partial charge is 0.486 e. The molecular weight excluding hydrogens is 398 g/mol. The summed E-state index contributed by atoms with van der Waals surface area (Å²) in [4.78, 5) is 8.59. The predicted molar refractivity (Wildman–Crippen MR) is 112 cm³/mol. The van der Waals surface area contributed by atoms with Gasteiger partial charge in [0.1, 0.15) is 36.5 Å². The van der Waals surface area contributed by atoms with Crippen molar-refractivity contribution in [1.82, 2.24) is 9.97 Å². The normalized spacial score (nSPS) is 12.6. The number of nitrogens with zero attached hydrogens (tertiary/aromatic N) is 3. The first-order valence-electron chi connectivity index (χ1n) is 8.88. The molecule has 1 unspecified atom stereocenters. The maximum absolute atomic E-state index is 13.7. The van der Waals surface area contributed by atoms with Crippen LogP contribution in [0, 0.1) is 12.7 Å². The maximum atomic E-state index is 13.7. The highest BCUT2D eigenvalue weighted by Gasteiger charge is 2.14. The van der Waals surface area contributed by atoms with Crippen molar-refractivity contribution >= 4 is 37.8 Å². The first-order chi connectivity index (χ1) is 13.7. The number of rotatable bonds is 6. The standard InChI is InChI=1S/C20H22F2N4O2S/c1-12-7-15(26-29(3,4)27)9-17-19(12)20(24-11-23-17)25-16-6-5-14(22)8-18(16)28-13(2)10-21/h5-9,11,13H,10H2,1-4H3,(H,23,24,25). The zero-order valence-electron chi connectivity index (χ0n) is 16.6. The van der Waals surface area contributed by atoms with Crippen LogP contribution in [0.3, 0.4) is 0 Å². The number of ether oxygens (including phenoxy) is 1. The van der Waals surface area contributed by atoms with Gasteiger partial charge in [-0.25, -0.2) is 23.0 Å². The lowest BCUT2D eigenvalue weighted by Gasteiger charge is -2.17. The lowest BCUT2D eigenvalue weighted by Crippen LogP contribution is -2.14. The summed E-state index contributed by atoms with van der Waals surface area (Å²) in [7, 11) is -2.31. The smallest absolute Gasteiger partial charge is 0.146 e. The molecule has 1 N–H and O–H groups in total. The molecule has 0 saturated carbocycles. The van der Waals surface area contributed by atoms with Crippen molar-refractivity contribution in [2.24, 2.45) is 4.36 Å².